The van der Waals surface area contributed by atoms with Crippen LogP contribution in [0.3, 0.4) is 0 Å². The summed E-state index contributed by atoms with van der Waals surface area (Å²) in [6.45, 7) is 2.37. The Morgan fingerprint density at radius 1 is 1.09 bits per heavy atom. The van der Waals surface area contributed by atoms with Crippen molar-refractivity contribution in [2.75, 3.05) is 0 Å². The number of nitrogens with one attached hydrogen (secondary N) is 1. The van der Waals surface area contributed by atoms with Crippen LogP contribution >= 0.6 is 23.2 Å². The highest BCUT2D eigenvalue weighted by molar-refractivity contribution is 6.31. The Kier molecular flexibility index (Phi) is 9.08. The van der Waals surface area contributed by atoms with Crippen molar-refractivity contribution in [2.45, 2.75) is 26.5 Å². The number of rotatable bonds is 9. The van der Waals surface area contributed by atoms with E-state index in [0.29, 0.717) is 33.6 Å². The van der Waals surface area contributed by atoms with Crippen molar-refractivity contribution in [3.8, 4) is 5.75 Å². The van der Waals surface area contributed by atoms with E-state index in [9.17, 15) is 9.18 Å². The molecular weight excluding hydrogens is 476 g/mol. The predicted octanol–water partition coefficient (Wildman–Crippen LogP) is 5.83. The lowest BCUT2D eigenvalue weighted by molar-refractivity contribution is -0.117. The monoisotopic (exact) mass is 499 g/mol. The predicted molar refractivity (Wildman–Crippen MR) is 135 cm³/mol. The number of carbonyl (C=O) groups excluding carboxylic acids is 1. The summed E-state index contributed by atoms with van der Waals surface area (Å²) in [4.78, 5) is 16.0. The minimum atomic E-state index is -0.406. The Morgan fingerprint density at radius 3 is 2.59 bits per heavy atom. The van der Waals surface area contributed by atoms with Gasteiger partial charge in [-0.3, -0.25) is 4.79 Å². The molecule has 0 aliphatic heterocycles. The van der Waals surface area contributed by atoms with E-state index in [1.54, 1.807) is 30.3 Å². The van der Waals surface area contributed by atoms with E-state index < -0.39 is 5.82 Å². The number of nitrogens with zero attached hydrogens (tertiary/aromatic N) is 1. The fraction of sp³-hybridized carbons (Fsp3) is 0.154. The van der Waals surface area contributed by atoms with Crippen LogP contribution in [0.15, 0.2) is 83.5 Å². The van der Waals surface area contributed by atoms with Crippen LogP contribution < -0.4 is 15.8 Å². The molecule has 3 rings (SSSR count). The van der Waals surface area contributed by atoms with Gasteiger partial charge in [0.25, 0.3) is 5.91 Å². The molecule has 0 aliphatic carbocycles. The molecule has 0 radical (unpaired) electrons. The van der Waals surface area contributed by atoms with E-state index in [0.717, 1.165) is 11.1 Å². The number of ether oxygens (including phenoxy) is 1. The zero-order valence-corrected chi connectivity index (χ0v) is 20.0. The summed E-state index contributed by atoms with van der Waals surface area (Å²) in [6, 6.07) is 18.8. The number of amidine groups is 1. The van der Waals surface area contributed by atoms with Crippen LogP contribution in [0.4, 0.5) is 4.39 Å². The lowest BCUT2D eigenvalue weighted by atomic mass is 10.1. The molecule has 3 N–H and O–H groups in total. The Labute approximate surface area is 208 Å². The summed E-state index contributed by atoms with van der Waals surface area (Å²) in [5.41, 5.74) is 8.96. The molecule has 0 unspecified atom stereocenters. The molecule has 34 heavy (non-hydrogen) atoms. The van der Waals surface area contributed by atoms with Crippen LogP contribution in [0.2, 0.25) is 10.0 Å². The first kappa shape index (κ1) is 25.3. The quantitative estimate of drug-likeness (QED) is 0.286. The van der Waals surface area contributed by atoms with E-state index in [1.807, 2.05) is 37.3 Å². The third-order valence-electron chi connectivity index (χ3n) is 4.79. The second-order valence-electron chi connectivity index (χ2n) is 7.55. The lowest BCUT2D eigenvalue weighted by Crippen LogP contribution is -2.17. The number of nitrogens with two attached hydrogens (primary N) is 1. The highest BCUT2D eigenvalue weighted by atomic mass is 35.5. The average molecular weight is 500 g/mol. The third-order valence-corrected chi connectivity index (χ3v) is 5.38. The van der Waals surface area contributed by atoms with E-state index >= 15 is 0 Å². The normalized spacial score (nSPS) is 11.9. The Hall–Kier alpha value is -3.35. The topological polar surface area (TPSA) is 76.7 Å². The van der Waals surface area contributed by atoms with Gasteiger partial charge in [-0.05, 0) is 48.9 Å². The average Bonchev–Trinajstić information content (AvgIpc) is 2.78. The number of halogens is 3. The maximum atomic E-state index is 13.3. The van der Waals surface area contributed by atoms with Crippen molar-refractivity contribution in [1.29, 1.82) is 0 Å². The molecule has 0 saturated heterocycles. The van der Waals surface area contributed by atoms with Crippen LogP contribution in [0, 0.1) is 5.82 Å². The van der Waals surface area contributed by atoms with Crippen molar-refractivity contribution in [3.63, 3.8) is 0 Å². The van der Waals surface area contributed by atoms with Gasteiger partial charge in [0.1, 0.15) is 24.0 Å². The Bertz CT molecular complexity index is 1210. The summed E-state index contributed by atoms with van der Waals surface area (Å²) in [6.07, 6.45) is 1.77. The zero-order valence-electron chi connectivity index (χ0n) is 18.5. The minimum absolute atomic E-state index is 0.111. The van der Waals surface area contributed by atoms with Crippen molar-refractivity contribution in [3.05, 3.63) is 111 Å². The molecule has 3 aromatic rings. The van der Waals surface area contributed by atoms with Gasteiger partial charge in [-0.1, -0.05) is 59.6 Å². The zero-order chi connectivity index (χ0) is 24.5. The van der Waals surface area contributed by atoms with Crippen molar-refractivity contribution in [1.82, 2.24) is 5.32 Å². The maximum absolute atomic E-state index is 13.3. The van der Waals surface area contributed by atoms with E-state index in [1.165, 1.54) is 12.1 Å². The third kappa shape index (κ3) is 7.90. The van der Waals surface area contributed by atoms with E-state index in [-0.39, 0.29) is 24.8 Å². The second kappa shape index (κ2) is 12.2. The van der Waals surface area contributed by atoms with Crippen LogP contribution in [-0.4, -0.2) is 11.7 Å². The van der Waals surface area contributed by atoms with Gasteiger partial charge in [0.05, 0.1) is 11.4 Å². The molecular formula is C26H24Cl2FN3O2. The molecule has 3 aromatic carbocycles. The van der Waals surface area contributed by atoms with Crippen molar-refractivity contribution in [2.24, 2.45) is 10.7 Å². The summed E-state index contributed by atoms with van der Waals surface area (Å²) in [7, 11) is 0. The van der Waals surface area contributed by atoms with Gasteiger partial charge in [-0.25, -0.2) is 4.39 Å². The lowest BCUT2D eigenvalue weighted by Gasteiger charge is -2.14. The number of hydrogen-bond acceptors (Lipinski definition) is 3. The molecule has 1 amide bonds. The van der Waals surface area contributed by atoms with Crippen LogP contribution in [0.1, 0.15) is 23.6 Å². The van der Waals surface area contributed by atoms with Crippen LogP contribution in [0.25, 0.3) is 0 Å². The molecule has 0 fully saturated rings. The molecule has 5 nitrogen and oxygen atoms in total. The van der Waals surface area contributed by atoms with Gasteiger partial charge in [0.15, 0.2) is 0 Å². The first-order valence-corrected chi connectivity index (χ1v) is 11.2. The van der Waals surface area contributed by atoms with Gasteiger partial charge in [0, 0.05) is 28.4 Å². The molecule has 0 spiro atoms. The summed E-state index contributed by atoms with van der Waals surface area (Å²) < 4.78 is 19.2. The first-order chi connectivity index (χ1) is 16.3. The van der Waals surface area contributed by atoms with E-state index in [4.69, 9.17) is 33.7 Å². The number of allylic oxidation sites excluding steroid dienone is 1. The number of benzene rings is 3. The fourth-order valence-corrected chi connectivity index (χ4v) is 3.53. The molecule has 0 aliphatic rings. The van der Waals surface area contributed by atoms with Gasteiger partial charge in [-0.15, -0.1) is 0 Å². The SMILES string of the molecule is C/C(=C/C(N)=NC(=O)Cc1ccccc1)NCc1cc(Cl)ccc1OCc1ccc(F)cc1Cl. The number of carbonyl (C=O) groups is 1. The smallest absolute Gasteiger partial charge is 0.252 e. The summed E-state index contributed by atoms with van der Waals surface area (Å²) in [5.74, 6) is -0.0149. The molecule has 8 heteroatoms. The molecule has 0 heterocycles. The minimum Gasteiger partial charge on any atom is -0.488 e. The van der Waals surface area contributed by atoms with E-state index in [2.05, 4.69) is 10.3 Å². The second-order valence-corrected chi connectivity index (χ2v) is 8.39. The number of aliphatic imine (C=N–C) groups is 1. The van der Waals surface area contributed by atoms with Gasteiger partial charge < -0.3 is 15.8 Å². The highest BCUT2D eigenvalue weighted by Crippen LogP contribution is 2.25. The van der Waals surface area contributed by atoms with Crippen LogP contribution in [-0.2, 0) is 24.4 Å². The van der Waals surface area contributed by atoms with Gasteiger partial charge in [0.2, 0.25) is 0 Å². The Balaban J connectivity index is 1.61. The standard InChI is InChI=1S/C26H24Cl2FN3O2/c1-17(11-25(30)32-26(33)12-18-5-3-2-4-6-18)31-15-20-13-21(27)8-10-24(20)34-16-19-7-9-22(29)14-23(19)28/h2-11,13-14,31H,12,15-16H2,1H3,(H2,30,32,33)/b17-11-. The van der Waals surface area contributed by atoms with Gasteiger partial charge in [-0.2, -0.15) is 4.99 Å². The summed E-state index contributed by atoms with van der Waals surface area (Å²) >= 11 is 12.2. The van der Waals surface area contributed by atoms with Crippen molar-refractivity contribution < 1.29 is 13.9 Å². The number of hydrogen-bond donors (Lipinski definition) is 2. The number of amides is 1. The van der Waals surface area contributed by atoms with Crippen molar-refractivity contribution >= 4 is 34.9 Å². The molecule has 0 saturated carbocycles. The fourth-order valence-electron chi connectivity index (χ4n) is 3.11. The van der Waals surface area contributed by atoms with Gasteiger partial charge >= 0.3 is 0 Å². The largest absolute Gasteiger partial charge is 0.488 e. The molecule has 0 aromatic heterocycles. The molecule has 0 bridgehead atoms. The highest BCUT2D eigenvalue weighted by Gasteiger charge is 2.09. The molecule has 0 atom stereocenters. The first-order valence-electron chi connectivity index (χ1n) is 10.5. The maximum Gasteiger partial charge on any atom is 0.252 e. The van der Waals surface area contributed by atoms with Crippen LogP contribution in [0.5, 0.6) is 5.75 Å². The Morgan fingerprint density at radius 2 is 1.85 bits per heavy atom. The summed E-state index contributed by atoms with van der Waals surface area (Å²) in [5, 5.41) is 4.06. The molecule has 176 valence electrons.